The van der Waals surface area contributed by atoms with E-state index in [1.54, 1.807) is 48.5 Å². The zero-order valence-electron chi connectivity index (χ0n) is 41.3. The molecule has 2 heterocycles. The number of piperidine rings is 1. The summed E-state index contributed by atoms with van der Waals surface area (Å²) in [7, 11) is -5.56. The first kappa shape index (κ1) is 56.5. The number of likely N-dealkylation sites (tertiary alicyclic amines) is 1. The summed E-state index contributed by atoms with van der Waals surface area (Å²) in [6, 6.07) is 25.7. The van der Waals surface area contributed by atoms with Crippen LogP contribution < -0.4 is 24.8 Å². The van der Waals surface area contributed by atoms with E-state index in [4.69, 9.17) is 46.9 Å². The van der Waals surface area contributed by atoms with Crippen molar-refractivity contribution in [2.75, 3.05) is 106 Å². The minimum absolute atomic E-state index is 0.0121. The number of rotatable bonds is 29. The fourth-order valence-electron chi connectivity index (χ4n) is 9.36. The van der Waals surface area contributed by atoms with Gasteiger partial charge in [0.25, 0.3) is 0 Å². The lowest BCUT2D eigenvalue weighted by atomic mass is 9.85. The van der Waals surface area contributed by atoms with E-state index in [0.717, 1.165) is 36.2 Å². The van der Waals surface area contributed by atoms with Crippen molar-refractivity contribution in [2.24, 2.45) is 0 Å². The summed E-state index contributed by atoms with van der Waals surface area (Å²) in [4.78, 5) is 29.4. The Morgan fingerprint density at radius 3 is 1.86 bits per heavy atom. The number of amides is 2. The first-order chi connectivity index (χ1) is 35.3. The highest BCUT2D eigenvalue weighted by molar-refractivity contribution is 7.89. The molecule has 3 atom stereocenters. The van der Waals surface area contributed by atoms with Crippen LogP contribution >= 0.6 is 23.2 Å². The zero-order valence-corrected chi connectivity index (χ0v) is 44.5. The van der Waals surface area contributed by atoms with Gasteiger partial charge in [-0.1, -0.05) is 66.0 Å². The molecule has 7 rings (SSSR count). The number of nitrogens with zero attached hydrogens (tertiary/aromatic N) is 2. The lowest BCUT2D eigenvalue weighted by Gasteiger charge is -2.35. The number of fused-ring (bicyclic) bond motifs is 2. The highest BCUT2D eigenvalue weighted by atomic mass is 35.5. The molecule has 2 aliphatic heterocycles. The molecule has 4 aromatic rings. The predicted molar refractivity (Wildman–Crippen MR) is 279 cm³/mol. The molecule has 2 amide bonds. The Labute approximate surface area is 440 Å². The Bertz CT molecular complexity index is 2660. The van der Waals surface area contributed by atoms with Gasteiger partial charge in [-0.25, -0.2) is 26.3 Å². The van der Waals surface area contributed by atoms with Crippen molar-refractivity contribution in [3.8, 4) is 5.75 Å². The quantitative estimate of drug-likeness (QED) is 0.0502. The second-order valence-corrected chi connectivity index (χ2v) is 22.7. The SMILES string of the molecule is CN1Cc2c(Cl)cc(Cl)cc2[C@H](c2cccc(S(=O)(=O)NCCOCCOCCNC(=O)CCC(=O)NCCOCCOCCNS(=O)(=O)c3ccc(O[C@H]4c5ccccc5C[C@@H]4N4CCCCC4)cc3)c2)C1. The molecule has 17 nitrogen and oxygen atoms in total. The number of carbonyl (C=O) groups is 2. The molecule has 0 aromatic heterocycles. The number of benzene rings is 4. The minimum Gasteiger partial charge on any atom is -0.484 e. The van der Waals surface area contributed by atoms with Gasteiger partial charge in [0.15, 0.2) is 0 Å². The monoisotopic (exact) mass is 1090 g/mol. The molecule has 1 saturated heterocycles. The zero-order chi connectivity index (χ0) is 51.6. The Hall–Kier alpha value is -4.22. The smallest absolute Gasteiger partial charge is 0.240 e. The van der Waals surface area contributed by atoms with Gasteiger partial charge in [-0.2, -0.15) is 0 Å². The van der Waals surface area contributed by atoms with Crippen LogP contribution in [-0.2, 0) is 61.5 Å². The summed E-state index contributed by atoms with van der Waals surface area (Å²) < 4.78 is 85.9. The van der Waals surface area contributed by atoms with E-state index >= 15 is 0 Å². The molecule has 1 aliphatic carbocycles. The van der Waals surface area contributed by atoms with Gasteiger partial charge in [0.1, 0.15) is 11.9 Å². The third kappa shape index (κ3) is 16.9. The Kier molecular flexibility index (Phi) is 21.7. The second kappa shape index (κ2) is 28.1. The summed E-state index contributed by atoms with van der Waals surface area (Å²) in [5, 5.41) is 6.55. The Morgan fingerprint density at radius 1 is 0.644 bits per heavy atom. The first-order valence-electron chi connectivity index (χ1n) is 25.0. The van der Waals surface area contributed by atoms with Crippen molar-refractivity contribution in [3.63, 3.8) is 0 Å². The van der Waals surface area contributed by atoms with E-state index in [0.29, 0.717) is 28.9 Å². The highest BCUT2D eigenvalue weighted by Crippen LogP contribution is 2.40. The van der Waals surface area contributed by atoms with Crippen molar-refractivity contribution >= 4 is 55.1 Å². The van der Waals surface area contributed by atoms with E-state index in [1.165, 1.54) is 30.4 Å². The maximum atomic E-state index is 13.1. The summed E-state index contributed by atoms with van der Waals surface area (Å²) in [6.45, 7) is 5.91. The summed E-state index contributed by atoms with van der Waals surface area (Å²) in [6.07, 6.45) is 4.50. The van der Waals surface area contributed by atoms with Gasteiger partial charge in [-0.15, -0.1) is 0 Å². The van der Waals surface area contributed by atoms with Crippen LogP contribution in [0.1, 0.15) is 71.9 Å². The summed E-state index contributed by atoms with van der Waals surface area (Å²) in [5.41, 5.74) is 5.32. The van der Waals surface area contributed by atoms with Crippen molar-refractivity contribution in [1.82, 2.24) is 29.9 Å². The van der Waals surface area contributed by atoms with Crippen LogP contribution in [0, 0.1) is 0 Å². The van der Waals surface area contributed by atoms with Gasteiger partial charge in [-0.05, 0) is 116 Å². The molecule has 4 aromatic carbocycles. The van der Waals surface area contributed by atoms with E-state index in [1.807, 2.05) is 25.2 Å². The van der Waals surface area contributed by atoms with E-state index in [9.17, 15) is 26.4 Å². The fraction of sp³-hybridized carbons (Fsp3) is 0.500. The van der Waals surface area contributed by atoms with Gasteiger partial charge < -0.3 is 39.2 Å². The number of hydrogen-bond acceptors (Lipinski definition) is 13. The molecule has 3 aliphatic rings. The number of halogens is 2. The molecular formula is C52H68Cl2N6O11S2. The average Bonchev–Trinajstić information content (AvgIpc) is 3.75. The topological polar surface area (TPSA) is 203 Å². The second-order valence-electron chi connectivity index (χ2n) is 18.3. The van der Waals surface area contributed by atoms with Crippen LogP contribution in [0.15, 0.2) is 94.7 Å². The molecule has 1 fully saturated rings. The number of sulfonamides is 2. The minimum atomic E-state index is -3.80. The van der Waals surface area contributed by atoms with Crippen LogP contribution in [0.3, 0.4) is 0 Å². The maximum absolute atomic E-state index is 13.1. The molecule has 0 unspecified atom stereocenters. The molecule has 0 spiro atoms. The number of nitrogens with one attached hydrogen (secondary N) is 4. The van der Waals surface area contributed by atoms with Gasteiger partial charge in [0.2, 0.25) is 31.9 Å². The van der Waals surface area contributed by atoms with Crippen LogP contribution in [0.4, 0.5) is 0 Å². The number of likely N-dealkylation sites (N-methyl/N-ethyl adjacent to an activating group) is 1. The fourth-order valence-corrected chi connectivity index (χ4v) is 12.0. The standard InChI is InChI=1S/C52H68Cl2N6O11S2/c1-59-36-46(45-34-40(53)35-48(54)47(45)37-59)38-9-7-10-43(32-38)73(65,66)58-21-27-70-31-29-68-25-19-56-51(62)17-16-50(61)55-18-24-67-28-30-69-26-20-57-72(63,64)42-14-12-41(13-15-42)71-52-44-11-4-3-8-39(44)33-49(52)60-22-5-2-6-23-60/h3-4,7-15,32,34-35,46,49,52,57-58H,2,5-6,16-31,33,36-37H2,1H3,(H,55,61)(H,56,62)/t46-,49-,52-/m0/s1. The van der Waals surface area contributed by atoms with Gasteiger partial charge >= 0.3 is 0 Å². The predicted octanol–water partition coefficient (Wildman–Crippen LogP) is 5.44. The average molecular weight is 1090 g/mol. The largest absolute Gasteiger partial charge is 0.484 e. The third-order valence-corrected chi connectivity index (χ3v) is 16.5. The van der Waals surface area contributed by atoms with Gasteiger partial charge in [0.05, 0.1) is 68.7 Å². The molecule has 0 saturated carbocycles. The maximum Gasteiger partial charge on any atom is 0.240 e. The number of ether oxygens (including phenoxy) is 5. The lowest BCUT2D eigenvalue weighted by Crippen LogP contribution is -2.43. The summed E-state index contributed by atoms with van der Waals surface area (Å²) in [5.74, 6) is -0.0468. The Morgan fingerprint density at radius 2 is 1.23 bits per heavy atom. The molecule has 0 radical (unpaired) electrons. The van der Waals surface area contributed by atoms with E-state index in [2.05, 4.69) is 48.1 Å². The molecule has 73 heavy (non-hydrogen) atoms. The van der Waals surface area contributed by atoms with Crippen LogP contribution in [0.2, 0.25) is 10.0 Å². The van der Waals surface area contributed by atoms with E-state index in [-0.39, 0.29) is 132 Å². The summed E-state index contributed by atoms with van der Waals surface area (Å²) >= 11 is 12.8. The van der Waals surface area contributed by atoms with Crippen molar-refractivity contribution < 1.29 is 50.1 Å². The van der Waals surface area contributed by atoms with Crippen LogP contribution in [-0.4, -0.2) is 150 Å². The van der Waals surface area contributed by atoms with E-state index < -0.39 is 20.0 Å². The molecule has 398 valence electrons. The van der Waals surface area contributed by atoms with Crippen LogP contribution in [0.25, 0.3) is 0 Å². The molecule has 4 N–H and O–H groups in total. The van der Waals surface area contributed by atoms with Crippen molar-refractivity contribution in [2.45, 2.75) is 72.9 Å². The third-order valence-electron chi connectivity index (χ3n) is 13.0. The highest BCUT2D eigenvalue weighted by Gasteiger charge is 2.38. The van der Waals surface area contributed by atoms with Crippen molar-refractivity contribution in [3.05, 3.63) is 123 Å². The lowest BCUT2D eigenvalue weighted by molar-refractivity contribution is -0.126. The normalized spacial score (nSPS) is 18.3. The Balaban J connectivity index is 0.658. The van der Waals surface area contributed by atoms with Crippen LogP contribution in [0.5, 0.6) is 5.75 Å². The first-order valence-corrected chi connectivity index (χ1v) is 28.7. The van der Waals surface area contributed by atoms with Crippen molar-refractivity contribution in [1.29, 1.82) is 0 Å². The molecular weight excluding hydrogens is 1020 g/mol. The molecule has 0 bridgehead atoms. The number of hydrogen-bond donors (Lipinski definition) is 4. The van der Waals surface area contributed by atoms with Gasteiger partial charge in [-0.3, -0.25) is 14.5 Å². The molecule has 21 heteroatoms. The number of carbonyl (C=O) groups excluding carboxylic acids is 2. The van der Waals surface area contributed by atoms with Gasteiger partial charge in [0, 0.05) is 68.1 Å².